The first-order chi connectivity index (χ1) is 10.5. The molecule has 3 rings (SSSR count). The molecule has 2 heterocycles. The summed E-state index contributed by atoms with van der Waals surface area (Å²) in [5, 5.41) is 0. The molecule has 6 heteroatoms. The van der Waals surface area contributed by atoms with Crippen molar-refractivity contribution in [2.24, 2.45) is 0 Å². The Morgan fingerprint density at radius 2 is 1.91 bits per heavy atom. The van der Waals surface area contributed by atoms with Gasteiger partial charge in [0.1, 0.15) is 6.61 Å². The van der Waals surface area contributed by atoms with Crippen LogP contribution in [-0.4, -0.2) is 34.8 Å². The third kappa shape index (κ3) is 2.82. The number of ether oxygens (including phenoxy) is 1. The van der Waals surface area contributed by atoms with Gasteiger partial charge in [0.25, 0.3) is 0 Å². The van der Waals surface area contributed by atoms with E-state index in [0.717, 1.165) is 5.56 Å². The summed E-state index contributed by atoms with van der Waals surface area (Å²) in [5.41, 5.74) is 0.833. The average Bonchev–Trinajstić information content (AvgIpc) is 2.83. The maximum atomic E-state index is 13.7. The molecule has 1 aromatic rings. The Morgan fingerprint density at radius 3 is 2.64 bits per heavy atom. The predicted molar refractivity (Wildman–Crippen MR) is 74.5 cm³/mol. The first-order valence-corrected chi connectivity index (χ1v) is 7.37. The zero-order valence-corrected chi connectivity index (χ0v) is 12.0. The smallest absolute Gasteiger partial charge is 0.410 e. The zero-order chi connectivity index (χ0) is 15.7. The van der Waals surface area contributed by atoms with E-state index >= 15 is 0 Å². The lowest BCUT2D eigenvalue weighted by Crippen LogP contribution is -2.41. The maximum absolute atomic E-state index is 13.7. The summed E-state index contributed by atoms with van der Waals surface area (Å²) in [6.07, 6.45) is -0.421. The minimum Gasteiger partial charge on any atom is -0.445 e. The molecule has 2 aliphatic heterocycles. The van der Waals surface area contributed by atoms with Crippen molar-refractivity contribution in [1.82, 2.24) is 4.90 Å². The summed E-state index contributed by atoms with van der Waals surface area (Å²) in [4.78, 5) is 25.1. The molecule has 1 aromatic carbocycles. The monoisotopic (exact) mass is 309 g/mol. The summed E-state index contributed by atoms with van der Waals surface area (Å²) in [5.74, 6) is -4.40. The number of rotatable bonds is 2. The van der Waals surface area contributed by atoms with Gasteiger partial charge in [0.15, 0.2) is 0 Å². The molecule has 2 saturated heterocycles. The first-order valence-electron chi connectivity index (χ1n) is 7.37. The van der Waals surface area contributed by atoms with Crippen LogP contribution in [0.3, 0.4) is 0 Å². The lowest BCUT2D eigenvalue weighted by Gasteiger charge is -2.27. The Balaban J connectivity index is 1.69. The van der Waals surface area contributed by atoms with Gasteiger partial charge in [-0.25, -0.2) is 4.79 Å². The molecule has 118 valence electrons. The van der Waals surface area contributed by atoms with Gasteiger partial charge in [-0.1, -0.05) is 30.3 Å². The van der Waals surface area contributed by atoms with Crippen LogP contribution in [0.25, 0.3) is 0 Å². The lowest BCUT2D eigenvalue weighted by molar-refractivity contribution is -0.144. The molecular weight excluding hydrogens is 292 g/mol. The van der Waals surface area contributed by atoms with Gasteiger partial charge in [0.2, 0.25) is 5.78 Å². The van der Waals surface area contributed by atoms with E-state index in [0.29, 0.717) is 12.8 Å². The average molecular weight is 309 g/mol. The summed E-state index contributed by atoms with van der Waals surface area (Å²) >= 11 is 0. The van der Waals surface area contributed by atoms with Crippen molar-refractivity contribution in [2.45, 2.75) is 50.3 Å². The maximum Gasteiger partial charge on any atom is 0.410 e. The Bertz CT molecular complexity index is 576. The van der Waals surface area contributed by atoms with E-state index < -0.39 is 36.3 Å². The minimum atomic E-state index is -3.34. The highest BCUT2D eigenvalue weighted by atomic mass is 19.3. The fourth-order valence-electron chi connectivity index (χ4n) is 3.23. The van der Waals surface area contributed by atoms with E-state index in [4.69, 9.17) is 4.74 Å². The second-order valence-corrected chi connectivity index (χ2v) is 5.87. The number of halogens is 2. The van der Waals surface area contributed by atoms with E-state index in [1.54, 1.807) is 0 Å². The number of ketones is 1. The topological polar surface area (TPSA) is 46.6 Å². The number of alkyl halides is 2. The second kappa shape index (κ2) is 5.66. The first kappa shape index (κ1) is 14.9. The second-order valence-electron chi connectivity index (χ2n) is 5.87. The summed E-state index contributed by atoms with van der Waals surface area (Å²) in [6.45, 7) is 0.0972. The highest BCUT2D eigenvalue weighted by Gasteiger charge is 2.52. The number of carbonyl (C=O) groups is 2. The van der Waals surface area contributed by atoms with Gasteiger partial charge in [-0.15, -0.1) is 0 Å². The lowest BCUT2D eigenvalue weighted by atomic mass is 9.97. The van der Waals surface area contributed by atoms with Gasteiger partial charge in [-0.3, -0.25) is 4.79 Å². The van der Waals surface area contributed by atoms with E-state index in [9.17, 15) is 18.4 Å². The molecule has 0 radical (unpaired) electrons. The molecule has 2 atom stereocenters. The van der Waals surface area contributed by atoms with Gasteiger partial charge >= 0.3 is 12.0 Å². The van der Waals surface area contributed by atoms with Crippen molar-refractivity contribution in [2.75, 3.05) is 0 Å². The Kier molecular flexibility index (Phi) is 3.85. The summed E-state index contributed by atoms with van der Waals surface area (Å²) < 4.78 is 32.6. The van der Waals surface area contributed by atoms with Crippen LogP contribution in [0.15, 0.2) is 30.3 Å². The molecule has 0 aromatic heterocycles. The fourth-order valence-corrected chi connectivity index (χ4v) is 3.23. The van der Waals surface area contributed by atoms with Gasteiger partial charge < -0.3 is 9.64 Å². The largest absolute Gasteiger partial charge is 0.445 e. The molecule has 22 heavy (non-hydrogen) atoms. The number of benzene rings is 1. The number of nitrogens with zero attached hydrogens (tertiary/aromatic N) is 1. The third-order valence-electron chi connectivity index (χ3n) is 4.36. The Morgan fingerprint density at radius 1 is 1.23 bits per heavy atom. The molecule has 0 N–H and O–H groups in total. The van der Waals surface area contributed by atoms with E-state index in [1.165, 1.54) is 4.90 Å². The van der Waals surface area contributed by atoms with Gasteiger partial charge in [0, 0.05) is 24.9 Å². The van der Waals surface area contributed by atoms with Crippen LogP contribution in [0.1, 0.15) is 31.2 Å². The highest BCUT2D eigenvalue weighted by Crippen LogP contribution is 2.39. The molecular formula is C16H17F2NO3. The van der Waals surface area contributed by atoms with Gasteiger partial charge in [0.05, 0.1) is 0 Å². The SMILES string of the molecule is O=C(OCc1ccccc1)N1C2CCC1CC(F)(F)C(=O)C2. The standard InChI is InChI=1S/C16H17F2NO3/c17-16(18)9-13-7-6-12(8-14(16)20)19(13)15(21)22-10-11-4-2-1-3-5-11/h1-5,12-13H,6-10H2. The highest BCUT2D eigenvalue weighted by molar-refractivity contribution is 5.87. The third-order valence-corrected chi connectivity index (χ3v) is 4.36. The Hall–Kier alpha value is -1.98. The normalized spacial score (nSPS) is 26.6. The molecule has 1 amide bonds. The van der Waals surface area contributed by atoms with Gasteiger partial charge in [-0.05, 0) is 18.4 Å². The van der Waals surface area contributed by atoms with Crippen molar-refractivity contribution >= 4 is 11.9 Å². The van der Waals surface area contributed by atoms with E-state index in [2.05, 4.69) is 0 Å². The predicted octanol–water partition coefficient (Wildman–Crippen LogP) is 3.15. The van der Waals surface area contributed by atoms with Crippen LogP contribution in [0.2, 0.25) is 0 Å². The molecule has 0 saturated carbocycles. The molecule has 0 aliphatic carbocycles. The number of hydrogen-bond donors (Lipinski definition) is 0. The number of hydrogen-bond acceptors (Lipinski definition) is 3. The number of amides is 1. The van der Waals surface area contributed by atoms with Crippen LogP contribution >= 0.6 is 0 Å². The van der Waals surface area contributed by atoms with E-state index in [1.807, 2.05) is 30.3 Å². The van der Waals surface area contributed by atoms with Crippen molar-refractivity contribution in [3.05, 3.63) is 35.9 Å². The van der Waals surface area contributed by atoms with Crippen LogP contribution in [-0.2, 0) is 16.1 Å². The summed E-state index contributed by atoms with van der Waals surface area (Å²) in [7, 11) is 0. The molecule has 2 fully saturated rings. The summed E-state index contributed by atoms with van der Waals surface area (Å²) in [6, 6.07) is 8.08. The van der Waals surface area contributed by atoms with Crippen LogP contribution in [0.5, 0.6) is 0 Å². The zero-order valence-electron chi connectivity index (χ0n) is 12.0. The van der Waals surface area contributed by atoms with Gasteiger partial charge in [-0.2, -0.15) is 8.78 Å². The van der Waals surface area contributed by atoms with Crippen LogP contribution in [0.4, 0.5) is 13.6 Å². The number of Topliss-reactive ketones (excluding diaryl/α,β-unsaturated/α-hetero) is 1. The van der Waals surface area contributed by atoms with E-state index in [-0.39, 0.29) is 13.0 Å². The van der Waals surface area contributed by atoms with Crippen LogP contribution in [0, 0.1) is 0 Å². The van der Waals surface area contributed by atoms with Crippen molar-refractivity contribution in [3.63, 3.8) is 0 Å². The molecule has 4 nitrogen and oxygen atoms in total. The molecule has 2 aliphatic rings. The molecule has 0 spiro atoms. The molecule has 2 bridgehead atoms. The van der Waals surface area contributed by atoms with Crippen molar-refractivity contribution in [3.8, 4) is 0 Å². The quantitative estimate of drug-likeness (QED) is 0.843. The van der Waals surface area contributed by atoms with Crippen LogP contribution < -0.4 is 0 Å². The number of carbonyl (C=O) groups excluding carboxylic acids is 2. The molecule has 2 unspecified atom stereocenters. The number of fused-ring (bicyclic) bond motifs is 2. The van der Waals surface area contributed by atoms with Crippen molar-refractivity contribution in [1.29, 1.82) is 0 Å². The minimum absolute atomic E-state index is 0.0972. The Labute approximate surface area is 127 Å². The van der Waals surface area contributed by atoms with Crippen molar-refractivity contribution < 1.29 is 23.1 Å². The fraction of sp³-hybridized carbons (Fsp3) is 0.500.